The van der Waals surface area contributed by atoms with Crippen LogP contribution in [0.4, 0.5) is 0 Å². The second kappa shape index (κ2) is 9.32. The maximum atomic E-state index is 11.8. The SMILES string of the molecule is CCN(CC)C(=O)CCCSc1nnnn1CC(=O)OC. The molecule has 0 aromatic carbocycles. The molecule has 0 fully saturated rings. The lowest BCUT2D eigenvalue weighted by Gasteiger charge is -2.18. The average molecular weight is 315 g/mol. The Morgan fingerprint density at radius 2 is 2.05 bits per heavy atom. The van der Waals surface area contributed by atoms with Crippen molar-refractivity contribution in [2.75, 3.05) is 26.0 Å². The fraction of sp³-hybridized carbons (Fsp3) is 0.750. The van der Waals surface area contributed by atoms with Crippen LogP contribution in [0.15, 0.2) is 5.16 Å². The van der Waals surface area contributed by atoms with E-state index in [1.807, 2.05) is 18.7 Å². The zero-order valence-electron chi connectivity index (χ0n) is 12.6. The first-order valence-corrected chi connectivity index (χ1v) is 7.84. The Bertz CT molecular complexity index is 462. The highest BCUT2D eigenvalue weighted by molar-refractivity contribution is 7.99. The molecule has 0 N–H and O–H groups in total. The van der Waals surface area contributed by atoms with Crippen LogP contribution < -0.4 is 0 Å². The quantitative estimate of drug-likeness (QED) is 0.374. The van der Waals surface area contributed by atoms with Crippen molar-refractivity contribution in [3.8, 4) is 0 Å². The Kier molecular flexibility index (Phi) is 7.73. The van der Waals surface area contributed by atoms with E-state index in [2.05, 4.69) is 20.3 Å². The molecule has 0 radical (unpaired) electrons. The Balaban J connectivity index is 2.35. The molecule has 1 aromatic heterocycles. The Morgan fingerprint density at radius 3 is 2.67 bits per heavy atom. The van der Waals surface area contributed by atoms with Crippen molar-refractivity contribution >= 4 is 23.6 Å². The standard InChI is InChI=1S/C12H21N5O3S/c1-4-16(5-2)10(18)7-6-8-21-12-13-14-15-17(12)9-11(19)20-3/h4-9H2,1-3H3. The molecule has 1 amide bonds. The maximum Gasteiger partial charge on any atom is 0.327 e. The normalized spacial score (nSPS) is 10.4. The number of methoxy groups -OCH3 is 1. The first-order chi connectivity index (χ1) is 10.1. The van der Waals surface area contributed by atoms with Gasteiger partial charge >= 0.3 is 5.97 Å². The summed E-state index contributed by atoms with van der Waals surface area (Å²) in [6.45, 7) is 5.40. The lowest BCUT2D eigenvalue weighted by molar-refractivity contribution is -0.141. The number of hydrogen-bond donors (Lipinski definition) is 0. The molecular formula is C12H21N5O3S. The van der Waals surface area contributed by atoms with Gasteiger partial charge in [0.2, 0.25) is 11.1 Å². The minimum atomic E-state index is -0.402. The minimum Gasteiger partial charge on any atom is -0.468 e. The molecule has 0 saturated heterocycles. The Labute approximate surface area is 128 Å². The lowest BCUT2D eigenvalue weighted by Crippen LogP contribution is -2.30. The van der Waals surface area contributed by atoms with Crippen LogP contribution in [0.3, 0.4) is 0 Å². The zero-order valence-corrected chi connectivity index (χ0v) is 13.4. The van der Waals surface area contributed by atoms with E-state index in [9.17, 15) is 9.59 Å². The van der Waals surface area contributed by atoms with Gasteiger partial charge in [-0.05, 0) is 30.7 Å². The number of aromatic nitrogens is 4. The van der Waals surface area contributed by atoms with Crippen molar-refractivity contribution < 1.29 is 14.3 Å². The van der Waals surface area contributed by atoms with E-state index in [1.54, 1.807) is 0 Å². The number of hydrogen-bond acceptors (Lipinski definition) is 7. The molecule has 0 saturated carbocycles. The van der Waals surface area contributed by atoms with Gasteiger partial charge in [-0.25, -0.2) is 4.68 Å². The van der Waals surface area contributed by atoms with Gasteiger partial charge in [-0.1, -0.05) is 11.8 Å². The van der Waals surface area contributed by atoms with Gasteiger partial charge in [0, 0.05) is 25.3 Å². The number of carbonyl (C=O) groups is 2. The van der Waals surface area contributed by atoms with Gasteiger partial charge in [-0.3, -0.25) is 9.59 Å². The van der Waals surface area contributed by atoms with Gasteiger partial charge < -0.3 is 9.64 Å². The molecule has 0 unspecified atom stereocenters. The third-order valence-corrected chi connectivity index (χ3v) is 3.93. The molecule has 0 aliphatic rings. The van der Waals surface area contributed by atoms with Crippen LogP contribution in [0.2, 0.25) is 0 Å². The predicted molar refractivity (Wildman–Crippen MR) is 77.7 cm³/mol. The van der Waals surface area contributed by atoms with E-state index in [4.69, 9.17) is 0 Å². The molecule has 0 spiro atoms. The summed E-state index contributed by atoms with van der Waals surface area (Å²) in [7, 11) is 1.32. The molecule has 9 heteroatoms. The summed E-state index contributed by atoms with van der Waals surface area (Å²) in [4.78, 5) is 24.8. The Morgan fingerprint density at radius 1 is 1.33 bits per heavy atom. The average Bonchev–Trinajstić information content (AvgIpc) is 2.92. The minimum absolute atomic E-state index is 0.00971. The summed E-state index contributed by atoms with van der Waals surface area (Å²) in [6, 6.07) is 0. The van der Waals surface area contributed by atoms with Crippen LogP contribution in [0, 0.1) is 0 Å². The van der Waals surface area contributed by atoms with Crippen molar-refractivity contribution in [3.63, 3.8) is 0 Å². The van der Waals surface area contributed by atoms with Crippen molar-refractivity contribution in [2.24, 2.45) is 0 Å². The lowest BCUT2D eigenvalue weighted by atomic mass is 10.3. The number of amides is 1. The molecular weight excluding hydrogens is 294 g/mol. The van der Waals surface area contributed by atoms with Crippen molar-refractivity contribution in [3.05, 3.63) is 0 Å². The number of nitrogens with zero attached hydrogens (tertiary/aromatic N) is 5. The molecule has 21 heavy (non-hydrogen) atoms. The predicted octanol–water partition coefficient (Wildman–Crippen LogP) is 0.587. The molecule has 1 aromatic rings. The van der Waals surface area contributed by atoms with Gasteiger partial charge in [-0.15, -0.1) is 5.10 Å². The molecule has 118 valence electrons. The van der Waals surface area contributed by atoms with Crippen molar-refractivity contribution in [1.29, 1.82) is 0 Å². The molecule has 0 bridgehead atoms. The maximum absolute atomic E-state index is 11.8. The van der Waals surface area contributed by atoms with Crippen molar-refractivity contribution in [2.45, 2.75) is 38.4 Å². The van der Waals surface area contributed by atoms with E-state index in [0.717, 1.165) is 19.5 Å². The van der Waals surface area contributed by atoms with Crippen LogP contribution in [0.25, 0.3) is 0 Å². The molecule has 1 rings (SSSR count). The van der Waals surface area contributed by atoms with Gasteiger partial charge in [0.25, 0.3) is 0 Å². The van der Waals surface area contributed by atoms with Crippen LogP contribution in [0.5, 0.6) is 0 Å². The van der Waals surface area contributed by atoms with Crippen LogP contribution in [0.1, 0.15) is 26.7 Å². The molecule has 8 nitrogen and oxygen atoms in total. The van der Waals surface area contributed by atoms with Crippen LogP contribution in [-0.4, -0.2) is 62.9 Å². The number of esters is 1. The zero-order chi connectivity index (χ0) is 15.7. The summed E-state index contributed by atoms with van der Waals surface area (Å²) >= 11 is 1.42. The van der Waals surface area contributed by atoms with E-state index >= 15 is 0 Å². The third-order valence-electron chi connectivity index (χ3n) is 2.89. The van der Waals surface area contributed by atoms with Crippen LogP contribution in [-0.2, 0) is 20.9 Å². The highest BCUT2D eigenvalue weighted by Crippen LogP contribution is 2.15. The van der Waals surface area contributed by atoms with Gasteiger partial charge in [0.05, 0.1) is 7.11 Å². The number of tetrazole rings is 1. The fourth-order valence-electron chi connectivity index (χ4n) is 1.71. The van der Waals surface area contributed by atoms with E-state index in [1.165, 1.54) is 23.6 Å². The Hall–Kier alpha value is -1.64. The molecule has 1 heterocycles. The smallest absolute Gasteiger partial charge is 0.327 e. The van der Waals surface area contributed by atoms with Gasteiger partial charge in [-0.2, -0.15) is 0 Å². The highest BCUT2D eigenvalue weighted by atomic mass is 32.2. The highest BCUT2D eigenvalue weighted by Gasteiger charge is 2.12. The van der Waals surface area contributed by atoms with Crippen LogP contribution >= 0.6 is 11.8 Å². The first kappa shape index (κ1) is 17.4. The van der Waals surface area contributed by atoms with E-state index < -0.39 is 5.97 Å². The second-order valence-electron chi connectivity index (χ2n) is 4.21. The summed E-state index contributed by atoms with van der Waals surface area (Å²) in [5.74, 6) is 0.477. The summed E-state index contributed by atoms with van der Waals surface area (Å²) in [6.07, 6.45) is 1.25. The second-order valence-corrected chi connectivity index (χ2v) is 5.28. The fourth-order valence-corrected chi connectivity index (χ4v) is 2.52. The van der Waals surface area contributed by atoms with E-state index in [0.29, 0.717) is 17.3 Å². The molecule has 0 aliphatic carbocycles. The number of rotatable bonds is 9. The summed E-state index contributed by atoms with van der Waals surface area (Å²) in [5, 5.41) is 11.7. The number of thioether (sulfide) groups is 1. The largest absolute Gasteiger partial charge is 0.468 e. The number of ether oxygens (including phenoxy) is 1. The van der Waals surface area contributed by atoms with E-state index in [-0.39, 0.29) is 12.5 Å². The monoisotopic (exact) mass is 315 g/mol. The number of carbonyl (C=O) groups excluding carboxylic acids is 2. The van der Waals surface area contributed by atoms with Gasteiger partial charge in [0.1, 0.15) is 6.54 Å². The molecule has 0 aliphatic heterocycles. The summed E-state index contributed by atoms with van der Waals surface area (Å²) in [5.41, 5.74) is 0. The van der Waals surface area contributed by atoms with Crippen molar-refractivity contribution in [1.82, 2.24) is 25.1 Å². The topological polar surface area (TPSA) is 90.2 Å². The third kappa shape index (κ3) is 5.70. The first-order valence-electron chi connectivity index (χ1n) is 6.85. The molecule has 0 atom stereocenters. The van der Waals surface area contributed by atoms with Gasteiger partial charge in [0.15, 0.2) is 0 Å². The summed E-state index contributed by atoms with van der Waals surface area (Å²) < 4.78 is 5.96.